The van der Waals surface area contributed by atoms with Crippen molar-refractivity contribution in [1.82, 2.24) is 0 Å². The minimum absolute atomic E-state index is 0.166. The molecule has 0 unspecified atom stereocenters. The maximum absolute atomic E-state index is 13.3. The molecule has 0 bridgehead atoms. The molecule has 0 atom stereocenters. The molecule has 0 spiro atoms. The Bertz CT molecular complexity index is 754. The molecular formula is C24H29NO. The Labute approximate surface area is 157 Å². The fraction of sp³-hybridized carbons (Fsp3) is 0.375. The van der Waals surface area contributed by atoms with Gasteiger partial charge in [0.2, 0.25) is 5.91 Å². The molecule has 2 aromatic carbocycles. The summed E-state index contributed by atoms with van der Waals surface area (Å²) in [5.74, 6) is 0.447. The van der Waals surface area contributed by atoms with Crippen LogP contribution >= 0.6 is 0 Å². The summed E-state index contributed by atoms with van der Waals surface area (Å²) in [4.78, 5) is 15.3. The number of rotatable bonds is 5. The van der Waals surface area contributed by atoms with E-state index >= 15 is 0 Å². The molecule has 136 valence electrons. The topological polar surface area (TPSA) is 20.3 Å². The van der Waals surface area contributed by atoms with Gasteiger partial charge in [0.05, 0.1) is 6.54 Å². The fourth-order valence-electron chi connectivity index (χ4n) is 3.73. The first kappa shape index (κ1) is 18.4. The Morgan fingerprint density at radius 2 is 1.81 bits per heavy atom. The van der Waals surface area contributed by atoms with Gasteiger partial charge in [0.15, 0.2) is 0 Å². The fourth-order valence-corrected chi connectivity index (χ4v) is 3.73. The van der Waals surface area contributed by atoms with Crippen molar-refractivity contribution in [1.29, 1.82) is 0 Å². The molecule has 1 aliphatic carbocycles. The number of hydrogen-bond acceptors (Lipinski definition) is 1. The van der Waals surface area contributed by atoms with Crippen molar-refractivity contribution in [2.45, 2.75) is 52.5 Å². The summed E-state index contributed by atoms with van der Waals surface area (Å²) < 4.78 is 0. The van der Waals surface area contributed by atoms with Crippen LogP contribution in [0.25, 0.3) is 6.08 Å². The van der Waals surface area contributed by atoms with E-state index in [9.17, 15) is 4.79 Å². The van der Waals surface area contributed by atoms with Gasteiger partial charge in [-0.2, -0.15) is 0 Å². The highest BCUT2D eigenvalue weighted by atomic mass is 16.2. The van der Waals surface area contributed by atoms with Crippen molar-refractivity contribution in [2.75, 3.05) is 4.90 Å². The summed E-state index contributed by atoms with van der Waals surface area (Å²) in [5.41, 5.74) is 4.55. The molecular weight excluding hydrogens is 318 g/mol. The first-order valence-electron chi connectivity index (χ1n) is 9.77. The summed E-state index contributed by atoms with van der Waals surface area (Å²) >= 11 is 0. The molecule has 26 heavy (non-hydrogen) atoms. The molecule has 0 aromatic heterocycles. The average Bonchev–Trinajstić information content (AvgIpc) is 2.68. The van der Waals surface area contributed by atoms with Gasteiger partial charge in [-0.15, -0.1) is 0 Å². The molecule has 1 aliphatic rings. The van der Waals surface area contributed by atoms with Gasteiger partial charge in [-0.05, 0) is 49.9 Å². The maximum Gasteiger partial charge on any atom is 0.230 e. The van der Waals surface area contributed by atoms with E-state index in [0.717, 1.165) is 24.1 Å². The van der Waals surface area contributed by atoms with Crippen LogP contribution in [-0.4, -0.2) is 5.91 Å². The molecule has 2 heteroatoms. The highest BCUT2D eigenvalue weighted by Gasteiger charge is 2.27. The number of amides is 1. The van der Waals surface area contributed by atoms with Crippen molar-refractivity contribution in [3.05, 3.63) is 71.3 Å². The molecule has 2 nitrogen and oxygen atoms in total. The van der Waals surface area contributed by atoms with Crippen molar-refractivity contribution >= 4 is 17.7 Å². The number of hydrogen-bond donors (Lipinski definition) is 0. The molecule has 0 saturated heterocycles. The van der Waals surface area contributed by atoms with E-state index in [0.29, 0.717) is 6.54 Å². The third-order valence-electron chi connectivity index (χ3n) is 5.22. The van der Waals surface area contributed by atoms with Crippen LogP contribution in [0.3, 0.4) is 0 Å². The molecule has 3 rings (SSSR count). The lowest BCUT2D eigenvalue weighted by Gasteiger charge is -2.30. The second-order valence-corrected chi connectivity index (χ2v) is 7.34. The lowest BCUT2D eigenvalue weighted by Crippen LogP contribution is -2.36. The number of anilines is 1. The van der Waals surface area contributed by atoms with E-state index in [-0.39, 0.29) is 11.8 Å². The Morgan fingerprint density at radius 3 is 2.50 bits per heavy atom. The molecule has 0 heterocycles. The Hall–Kier alpha value is -2.35. The highest BCUT2D eigenvalue weighted by molar-refractivity contribution is 5.95. The molecule has 0 radical (unpaired) electrons. The van der Waals surface area contributed by atoms with Gasteiger partial charge in [0.1, 0.15) is 0 Å². The largest absolute Gasteiger partial charge is 0.308 e. The van der Waals surface area contributed by atoms with Crippen LogP contribution in [0.2, 0.25) is 0 Å². The Kier molecular flexibility index (Phi) is 6.27. The first-order chi connectivity index (χ1) is 12.7. The predicted molar refractivity (Wildman–Crippen MR) is 110 cm³/mol. The van der Waals surface area contributed by atoms with Gasteiger partial charge in [-0.25, -0.2) is 0 Å². The highest BCUT2D eigenvalue weighted by Crippen LogP contribution is 2.29. The number of carbonyl (C=O) groups is 1. The minimum Gasteiger partial charge on any atom is -0.308 e. The molecule has 2 aromatic rings. The van der Waals surface area contributed by atoms with Crippen molar-refractivity contribution in [3.63, 3.8) is 0 Å². The van der Waals surface area contributed by atoms with Gasteiger partial charge >= 0.3 is 0 Å². The predicted octanol–water partition coefficient (Wildman–Crippen LogP) is 6.14. The van der Waals surface area contributed by atoms with E-state index in [1.807, 2.05) is 24.0 Å². The summed E-state index contributed by atoms with van der Waals surface area (Å²) in [6.07, 6.45) is 9.78. The normalized spacial score (nSPS) is 15.3. The van der Waals surface area contributed by atoms with Crippen molar-refractivity contribution in [3.8, 4) is 0 Å². The van der Waals surface area contributed by atoms with Crippen molar-refractivity contribution in [2.24, 2.45) is 5.92 Å². The zero-order valence-electron chi connectivity index (χ0n) is 15.9. The summed E-state index contributed by atoms with van der Waals surface area (Å²) in [5, 5.41) is 0. The second kappa shape index (κ2) is 8.84. The SMILES string of the molecule is C/C=C/c1cccc(N(Cc2ccc(C)cc2)C(=O)C2CCCCC2)c1. The summed E-state index contributed by atoms with van der Waals surface area (Å²) in [6.45, 7) is 4.74. The second-order valence-electron chi connectivity index (χ2n) is 7.34. The van der Waals surface area contributed by atoms with Crippen LogP contribution in [0.1, 0.15) is 55.7 Å². The third kappa shape index (κ3) is 4.63. The standard InChI is InChI=1S/C24H29NO/c1-3-8-20-9-7-12-23(17-20)25(18-21-15-13-19(2)14-16-21)24(26)22-10-5-4-6-11-22/h3,7-9,12-17,22H,4-6,10-11,18H2,1-2H3/b8-3+. The van der Waals surface area contributed by atoms with Crippen LogP contribution in [0, 0.1) is 12.8 Å². The number of carbonyl (C=O) groups excluding carboxylic acids is 1. The molecule has 0 aliphatic heterocycles. The lowest BCUT2D eigenvalue weighted by molar-refractivity contribution is -0.123. The Balaban J connectivity index is 1.90. The zero-order valence-corrected chi connectivity index (χ0v) is 15.9. The first-order valence-corrected chi connectivity index (χ1v) is 9.77. The van der Waals surface area contributed by atoms with E-state index in [4.69, 9.17) is 0 Å². The third-order valence-corrected chi connectivity index (χ3v) is 5.22. The Morgan fingerprint density at radius 1 is 1.08 bits per heavy atom. The number of benzene rings is 2. The van der Waals surface area contributed by atoms with Crippen LogP contribution in [-0.2, 0) is 11.3 Å². The van der Waals surface area contributed by atoms with Gasteiger partial charge in [0.25, 0.3) is 0 Å². The number of nitrogens with zero attached hydrogens (tertiary/aromatic N) is 1. The smallest absolute Gasteiger partial charge is 0.230 e. The van der Waals surface area contributed by atoms with Gasteiger partial charge in [-0.3, -0.25) is 4.79 Å². The van der Waals surface area contributed by atoms with Crippen LogP contribution in [0.4, 0.5) is 5.69 Å². The lowest BCUT2D eigenvalue weighted by atomic mass is 9.88. The molecule has 1 fully saturated rings. The minimum atomic E-state index is 0.166. The monoisotopic (exact) mass is 347 g/mol. The summed E-state index contributed by atoms with van der Waals surface area (Å²) in [7, 11) is 0. The van der Waals surface area contributed by atoms with Gasteiger partial charge in [-0.1, -0.05) is 73.4 Å². The maximum atomic E-state index is 13.3. The van der Waals surface area contributed by atoms with E-state index < -0.39 is 0 Å². The van der Waals surface area contributed by atoms with Crippen molar-refractivity contribution < 1.29 is 4.79 Å². The molecule has 0 N–H and O–H groups in total. The number of aryl methyl sites for hydroxylation is 1. The zero-order chi connectivity index (χ0) is 18.4. The average molecular weight is 348 g/mol. The number of allylic oxidation sites excluding steroid dienone is 1. The molecule has 1 amide bonds. The van der Waals surface area contributed by atoms with Gasteiger partial charge < -0.3 is 4.90 Å². The quantitative estimate of drug-likeness (QED) is 0.636. The van der Waals surface area contributed by atoms with Crippen LogP contribution < -0.4 is 4.90 Å². The van der Waals surface area contributed by atoms with Crippen LogP contribution in [0.5, 0.6) is 0 Å². The summed E-state index contributed by atoms with van der Waals surface area (Å²) in [6, 6.07) is 16.8. The van der Waals surface area contributed by atoms with Crippen LogP contribution in [0.15, 0.2) is 54.6 Å². The van der Waals surface area contributed by atoms with E-state index in [1.165, 1.54) is 30.4 Å². The van der Waals surface area contributed by atoms with E-state index in [2.05, 4.69) is 55.5 Å². The van der Waals surface area contributed by atoms with Gasteiger partial charge in [0, 0.05) is 11.6 Å². The molecule has 1 saturated carbocycles. The van der Waals surface area contributed by atoms with E-state index in [1.54, 1.807) is 0 Å².